The van der Waals surface area contributed by atoms with Crippen LogP contribution in [0.2, 0.25) is 5.02 Å². The highest BCUT2D eigenvalue weighted by atomic mass is 35.5. The van der Waals surface area contributed by atoms with E-state index >= 15 is 0 Å². The van der Waals surface area contributed by atoms with Gasteiger partial charge in [0.25, 0.3) is 0 Å². The minimum atomic E-state index is -0.942. The molecule has 0 radical (unpaired) electrons. The van der Waals surface area contributed by atoms with Crippen LogP contribution in [-0.2, 0) is 13.1 Å². The number of fused-ring (bicyclic) bond motifs is 1. The van der Waals surface area contributed by atoms with Gasteiger partial charge in [0, 0.05) is 24.8 Å². The summed E-state index contributed by atoms with van der Waals surface area (Å²) >= 11 is 6.27. The van der Waals surface area contributed by atoms with E-state index in [0.29, 0.717) is 30.5 Å². The number of carboxylic acid groups (broad SMARTS) is 1. The van der Waals surface area contributed by atoms with Crippen molar-refractivity contribution in [1.82, 2.24) is 19.7 Å². The summed E-state index contributed by atoms with van der Waals surface area (Å²) in [6.45, 7) is 5.68. The van der Waals surface area contributed by atoms with E-state index in [4.69, 9.17) is 11.6 Å². The summed E-state index contributed by atoms with van der Waals surface area (Å²) in [6.07, 6.45) is 1.72. The van der Waals surface area contributed by atoms with Gasteiger partial charge in [-0.3, -0.25) is 0 Å². The van der Waals surface area contributed by atoms with Crippen molar-refractivity contribution < 1.29 is 9.90 Å². The minimum Gasteiger partial charge on any atom is -0.478 e. The van der Waals surface area contributed by atoms with Crippen molar-refractivity contribution in [3.8, 4) is 11.4 Å². The lowest BCUT2D eigenvalue weighted by atomic mass is 9.99. The molecule has 8 heteroatoms. The van der Waals surface area contributed by atoms with Crippen LogP contribution in [0.5, 0.6) is 0 Å². The van der Waals surface area contributed by atoms with Gasteiger partial charge in [-0.1, -0.05) is 17.7 Å². The molecule has 0 bridgehead atoms. The molecular formula is C19H18ClN5O2. The third-order valence-corrected chi connectivity index (χ3v) is 5.13. The maximum absolute atomic E-state index is 11.5. The topological polar surface area (TPSA) is 84.1 Å². The summed E-state index contributed by atoms with van der Waals surface area (Å²) in [5, 5.41) is 18.7. The number of nitrogens with zero attached hydrogens (tertiary/aromatic N) is 5. The molecule has 0 atom stereocenters. The second-order valence-corrected chi connectivity index (χ2v) is 7.02. The fraction of sp³-hybridized carbons (Fsp3) is 0.263. The number of aromatic carboxylic acids is 1. The largest absolute Gasteiger partial charge is 0.478 e. The van der Waals surface area contributed by atoms with Crippen LogP contribution < -0.4 is 4.90 Å². The van der Waals surface area contributed by atoms with E-state index < -0.39 is 5.97 Å². The van der Waals surface area contributed by atoms with Gasteiger partial charge in [-0.15, -0.1) is 10.2 Å². The zero-order valence-corrected chi connectivity index (χ0v) is 15.7. The number of halogens is 1. The molecule has 3 heterocycles. The number of anilines is 1. The zero-order valence-electron chi connectivity index (χ0n) is 15.0. The van der Waals surface area contributed by atoms with Crippen LogP contribution in [0, 0.1) is 13.8 Å². The molecule has 0 spiro atoms. The predicted octanol–water partition coefficient (Wildman–Crippen LogP) is 3.33. The van der Waals surface area contributed by atoms with Gasteiger partial charge in [0.05, 0.1) is 17.1 Å². The van der Waals surface area contributed by atoms with Crippen molar-refractivity contribution in [2.24, 2.45) is 0 Å². The number of carbonyl (C=O) groups is 1. The van der Waals surface area contributed by atoms with Gasteiger partial charge < -0.3 is 14.6 Å². The quantitative estimate of drug-likeness (QED) is 0.746. The Labute approximate surface area is 161 Å². The van der Waals surface area contributed by atoms with Crippen molar-refractivity contribution in [2.45, 2.75) is 26.9 Å². The molecule has 4 rings (SSSR count). The first-order valence-corrected chi connectivity index (χ1v) is 8.96. The Balaban J connectivity index is 1.72. The van der Waals surface area contributed by atoms with Gasteiger partial charge in [0.2, 0.25) is 0 Å². The maximum atomic E-state index is 11.5. The van der Waals surface area contributed by atoms with Crippen molar-refractivity contribution in [3.05, 3.63) is 58.0 Å². The first-order chi connectivity index (χ1) is 13.0. The molecule has 2 aromatic heterocycles. The van der Waals surface area contributed by atoms with Crippen LogP contribution >= 0.6 is 11.6 Å². The average Bonchev–Trinajstić information content (AvgIpc) is 3.05. The number of hydrogen-bond acceptors (Lipinski definition) is 5. The van der Waals surface area contributed by atoms with Gasteiger partial charge in [-0.2, -0.15) is 0 Å². The van der Waals surface area contributed by atoms with E-state index in [-0.39, 0.29) is 5.56 Å². The Hall–Kier alpha value is -2.93. The number of hydrogen-bond donors (Lipinski definition) is 1. The molecule has 138 valence electrons. The minimum absolute atomic E-state index is 0.283. The van der Waals surface area contributed by atoms with Gasteiger partial charge >= 0.3 is 5.97 Å². The van der Waals surface area contributed by atoms with Crippen LogP contribution in [0.25, 0.3) is 11.4 Å². The Morgan fingerprint density at radius 2 is 2.00 bits per heavy atom. The third-order valence-electron chi connectivity index (χ3n) is 4.83. The summed E-state index contributed by atoms with van der Waals surface area (Å²) < 4.78 is 2.04. The first-order valence-electron chi connectivity index (χ1n) is 8.58. The monoisotopic (exact) mass is 383 g/mol. The highest BCUT2D eigenvalue weighted by Gasteiger charge is 2.25. The Morgan fingerprint density at radius 1 is 1.19 bits per heavy atom. The van der Waals surface area contributed by atoms with Crippen molar-refractivity contribution >= 4 is 23.4 Å². The summed E-state index contributed by atoms with van der Waals surface area (Å²) in [7, 11) is 0. The second-order valence-electron chi connectivity index (χ2n) is 6.61. The Morgan fingerprint density at radius 3 is 2.74 bits per heavy atom. The van der Waals surface area contributed by atoms with Crippen LogP contribution in [0.15, 0.2) is 30.5 Å². The standard InChI is InChI=1S/C19H18ClN5O2/c1-11-8-12(2)14(19(26)27)9-13(11)17-23-22-16-10-24(6-7-25(16)17)18-15(20)4-3-5-21-18/h3-5,8-9H,6-7,10H2,1-2H3,(H,26,27). The zero-order chi connectivity index (χ0) is 19.1. The SMILES string of the molecule is Cc1cc(C)c(-c2nnc3n2CCN(c2ncccc2Cl)C3)cc1C(=O)O. The molecule has 3 aromatic rings. The van der Waals surface area contributed by atoms with E-state index in [0.717, 1.165) is 28.3 Å². The fourth-order valence-electron chi connectivity index (χ4n) is 3.47. The van der Waals surface area contributed by atoms with Gasteiger partial charge in [0.1, 0.15) is 5.82 Å². The predicted molar refractivity (Wildman–Crippen MR) is 102 cm³/mol. The Kier molecular flexibility index (Phi) is 4.31. The summed E-state index contributed by atoms with van der Waals surface area (Å²) in [6, 6.07) is 7.18. The normalized spacial score (nSPS) is 13.5. The lowest BCUT2D eigenvalue weighted by molar-refractivity contribution is 0.0696. The first kappa shape index (κ1) is 17.5. The summed E-state index contributed by atoms with van der Waals surface area (Å²) in [5.41, 5.74) is 2.78. The molecule has 0 unspecified atom stereocenters. The molecule has 1 aliphatic rings. The third kappa shape index (κ3) is 3.04. The summed E-state index contributed by atoms with van der Waals surface area (Å²) in [4.78, 5) is 17.9. The number of carboxylic acids is 1. The molecule has 0 fully saturated rings. The van der Waals surface area contributed by atoms with Gasteiger partial charge in [-0.25, -0.2) is 9.78 Å². The van der Waals surface area contributed by atoms with E-state index in [9.17, 15) is 9.90 Å². The molecule has 1 aliphatic heterocycles. The highest BCUT2D eigenvalue weighted by molar-refractivity contribution is 6.32. The smallest absolute Gasteiger partial charge is 0.335 e. The molecule has 27 heavy (non-hydrogen) atoms. The number of benzene rings is 1. The number of aryl methyl sites for hydroxylation is 2. The molecule has 0 amide bonds. The second kappa shape index (κ2) is 6.66. The lowest BCUT2D eigenvalue weighted by Crippen LogP contribution is -2.34. The number of pyridine rings is 1. The lowest BCUT2D eigenvalue weighted by Gasteiger charge is -2.29. The van der Waals surface area contributed by atoms with Crippen LogP contribution in [0.4, 0.5) is 5.82 Å². The molecular weight excluding hydrogens is 366 g/mol. The van der Waals surface area contributed by atoms with Crippen LogP contribution in [-0.4, -0.2) is 37.4 Å². The van der Waals surface area contributed by atoms with Crippen molar-refractivity contribution in [2.75, 3.05) is 11.4 Å². The molecule has 0 saturated heterocycles. The van der Waals surface area contributed by atoms with E-state index in [1.54, 1.807) is 25.3 Å². The molecule has 0 saturated carbocycles. The van der Waals surface area contributed by atoms with Crippen molar-refractivity contribution in [1.29, 1.82) is 0 Å². The fourth-order valence-corrected chi connectivity index (χ4v) is 3.71. The Bertz CT molecular complexity index is 1050. The summed E-state index contributed by atoms with van der Waals surface area (Å²) in [5.74, 6) is 1.28. The van der Waals surface area contributed by atoms with Gasteiger partial charge in [0.15, 0.2) is 11.6 Å². The molecule has 0 aliphatic carbocycles. The van der Waals surface area contributed by atoms with Crippen molar-refractivity contribution in [3.63, 3.8) is 0 Å². The van der Waals surface area contributed by atoms with Crippen LogP contribution in [0.1, 0.15) is 27.3 Å². The maximum Gasteiger partial charge on any atom is 0.335 e. The van der Waals surface area contributed by atoms with Crippen LogP contribution in [0.3, 0.4) is 0 Å². The van der Waals surface area contributed by atoms with Gasteiger partial charge in [-0.05, 0) is 43.2 Å². The van der Waals surface area contributed by atoms with E-state index in [1.165, 1.54) is 0 Å². The molecule has 1 aromatic carbocycles. The highest BCUT2D eigenvalue weighted by Crippen LogP contribution is 2.30. The van der Waals surface area contributed by atoms with E-state index in [1.807, 2.05) is 23.6 Å². The average molecular weight is 384 g/mol. The van der Waals surface area contributed by atoms with E-state index in [2.05, 4.69) is 20.1 Å². The number of rotatable bonds is 3. The molecule has 1 N–H and O–H groups in total. The molecule has 7 nitrogen and oxygen atoms in total. The number of aromatic nitrogens is 4.